The van der Waals surface area contributed by atoms with E-state index in [9.17, 15) is 4.79 Å². The van der Waals surface area contributed by atoms with E-state index in [1.165, 1.54) is 0 Å². The van der Waals surface area contributed by atoms with E-state index in [4.69, 9.17) is 5.73 Å². The Hall–Kier alpha value is -0.940. The molecule has 0 saturated carbocycles. The molecule has 1 aromatic rings. The molecular formula is C12H21N3OS. The number of amides is 1. The smallest absolute Gasteiger partial charge is 0.220 e. The van der Waals surface area contributed by atoms with Gasteiger partial charge in [-0.1, -0.05) is 12.8 Å². The highest BCUT2D eigenvalue weighted by molar-refractivity contribution is 7.09. The highest BCUT2D eigenvalue weighted by Gasteiger charge is 2.03. The summed E-state index contributed by atoms with van der Waals surface area (Å²) in [6.45, 7) is 3.26. The lowest BCUT2D eigenvalue weighted by atomic mass is 10.1. The predicted octanol–water partition coefficient (Wildman–Crippen LogP) is 1.98. The number of rotatable bonds is 8. The standard InChI is InChI=1S/C12H21N3OS/c1-10-15-11(9-17-10)8-14-12(16)6-4-2-3-5-7-13/h9H,2-8,13H2,1H3,(H,14,16). The van der Waals surface area contributed by atoms with Crippen molar-refractivity contribution in [2.45, 2.75) is 45.6 Å². The van der Waals surface area contributed by atoms with E-state index < -0.39 is 0 Å². The second-order valence-electron chi connectivity index (χ2n) is 4.09. The summed E-state index contributed by atoms with van der Waals surface area (Å²) in [5.74, 6) is 0.114. The molecule has 1 amide bonds. The van der Waals surface area contributed by atoms with Crippen LogP contribution < -0.4 is 11.1 Å². The number of hydrogen-bond donors (Lipinski definition) is 2. The summed E-state index contributed by atoms with van der Waals surface area (Å²) in [7, 11) is 0. The maximum Gasteiger partial charge on any atom is 0.220 e. The van der Waals surface area contributed by atoms with Gasteiger partial charge in [-0.2, -0.15) is 0 Å². The van der Waals surface area contributed by atoms with Crippen LogP contribution in [0.2, 0.25) is 0 Å². The van der Waals surface area contributed by atoms with Crippen LogP contribution in [-0.2, 0) is 11.3 Å². The van der Waals surface area contributed by atoms with Crippen molar-refractivity contribution >= 4 is 17.2 Å². The second-order valence-corrected chi connectivity index (χ2v) is 5.15. The first-order valence-corrected chi connectivity index (χ1v) is 6.98. The number of thiazole rings is 1. The molecule has 17 heavy (non-hydrogen) atoms. The topological polar surface area (TPSA) is 68.0 Å². The Morgan fingerprint density at radius 1 is 1.41 bits per heavy atom. The maximum absolute atomic E-state index is 11.5. The predicted molar refractivity (Wildman–Crippen MR) is 70.8 cm³/mol. The fourth-order valence-corrected chi connectivity index (χ4v) is 2.16. The van der Waals surface area contributed by atoms with Gasteiger partial charge in [0.1, 0.15) is 0 Å². The molecule has 1 rings (SSSR count). The minimum Gasteiger partial charge on any atom is -0.350 e. The quantitative estimate of drug-likeness (QED) is 0.698. The van der Waals surface area contributed by atoms with Gasteiger partial charge in [0.25, 0.3) is 0 Å². The molecule has 0 fully saturated rings. The summed E-state index contributed by atoms with van der Waals surface area (Å²) in [5, 5.41) is 5.90. The third kappa shape index (κ3) is 6.38. The largest absolute Gasteiger partial charge is 0.350 e. The van der Waals surface area contributed by atoms with Crippen LogP contribution in [0, 0.1) is 6.92 Å². The molecule has 3 N–H and O–H groups in total. The fourth-order valence-electron chi connectivity index (χ4n) is 1.55. The Labute approximate surface area is 107 Å². The monoisotopic (exact) mass is 255 g/mol. The van der Waals surface area contributed by atoms with Crippen LogP contribution in [0.3, 0.4) is 0 Å². The average molecular weight is 255 g/mol. The average Bonchev–Trinajstić information content (AvgIpc) is 2.72. The molecule has 1 heterocycles. The molecule has 4 nitrogen and oxygen atoms in total. The Morgan fingerprint density at radius 2 is 2.18 bits per heavy atom. The van der Waals surface area contributed by atoms with Gasteiger partial charge in [0.2, 0.25) is 5.91 Å². The van der Waals surface area contributed by atoms with Crippen molar-refractivity contribution in [1.82, 2.24) is 10.3 Å². The van der Waals surface area contributed by atoms with Gasteiger partial charge in [-0.15, -0.1) is 11.3 Å². The van der Waals surface area contributed by atoms with Gasteiger partial charge >= 0.3 is 0 Å². The van der Waals surface area contributed by atoms with E-state index >= 15 is 0 Å². The van der Waals surface area contributed by atoms with Gasteiger partial charge in [0.05, 0.1) is 17.2 Å². The van der Waals surface area contributed by atoms with Crippen LogP contribution in [-0.4, -0.2) is 17.4 Å². The van der Waals surface area contributed by atoms with Crippen LogP contribution in [0.25, 0.3) is 0 Å². The van der Waals surface area contributed by atoms with Crippen LogP contribution >= 0.6 is 11.3 Å². The van der Waals surface area contributed by atoms with E-state index in [-0.39, 0.29) is 5.91 Å². The van der Waals surface area contributed by atoms with E-state index in [0.29, 0.717) is 13.0 Å². The molecule has 0 aromatic carbocycles. The summed E-state index contributed by atoms with van der Waals surface area (Å²) in [6, 6.07) is 0. The van der Waals surface area contributed by atoms with Gasteiger partial charge in [-0.3, -0.25) is 4.79 Å². The first-order valence-electron chi connectivity index (χ1n) is 6.10. The number of nitrogens with one attached hydrogen (secondary N) is 1. The summed E-state index contributed by atoms with van der Waals surface area (Å²) < 4.78 is 0. The van der Waals surface area contributed by atoms with Crippen molar-refractivity contribution in [3.05, 3.63) is 16.1 Å². The number of unbranched alkanes of at least 4 members (excludes halogenated alkanes) is 3. The fraction of sp³-hybridized carbons (Fsp3) is 0.667. The van der Waals surface area contributed by atoms with E-state index in [2.05, 4.69) is 10.3 Å². The third-order valence-corrected chi connectivity index (χ3v) is 3.31. The zero-order valence-corrected chi connectivity index (χ0v) is 11.2. The van der Waals surface area contributed by atoms with Crippen molar-refractivity contribution in [3.63, 3.8) is 0 Å². The minimum absolute atomic E-state index is 0.114. The Morgan fingerprint density at radius 3 is 2.82 bits per heavy atom. The third-order valence-electron chi connectivity index (χ3n) is 2.49. The molecule has 0 atom stereocenters. The molecule has 0 bridgehead atoms. The number of nitrogens with two attached hydrogens (primary N) is 1. The Bertz CT molecular complexity index is 338. The molecule has 0 saturated heterocycles. The molecule has 0 aliphatic heterocycles. The number of aryl methyl sites for hydroxylation is 1. The van der Waals surface area contributed by atoms with Crippen molar-refractivity contribution in [1.29, 1.82) is 0 Å². The first kappa shape index (κ1) is 14.1. The van der Waals surface area contributed by atoms with Crippen molar-refractivity contribution in [3.8, 4) is 0 Å². The lowest BCUT2D eigenvalue weighted by molar-refractivity contribution is -0.121. The molecule has 0 aliphatic carbocycles. The lowest BCUT2D eigenvalue weighted by Crippen LogP contribution is -2.22. The van der Waals surface area contributed by atoms with Crippen LogP contribution in [0.5, 0.6) is 0 Å². The lowest BCUT2D eigenvalue weighted by Gasteiger charge is -2.03. The normalized spacial score (nSPS) is 10.5. The molecule has 0 aliphatic rings. The van der Waals surface area contributed by atoms with E-state index in [1.54, 1.807) is 11.3 Å². The first-order chi connectivity index (χ1) is 8.22. The number of carbonyl (C=O) groups excluding carboxylic acids is 1. The van der Waals surface area contributed by atoms with Gasteiger partial charge in [0, 0.05) is 11.8 Å². The number of hydrogen-bond acceptors (Lipinski definition) is 4. The van der Waals surface area contributed by atoms with E-state index in [1.807, 2.05) is 12.3 Å². The van der Waals surface area contributed by atoms with E-state index in [0.717, 1.165) is 42.9 Å². The minimum atomic E-state index is 0.114. The molecular weight excluding hydrogens is 234 g/mol. The molecule has 0 spiro atoms. The number of aromatic nitrogens is 1. The summed E-state index contributed by atoms with van der Waals surface area (Å²) in [5.41, 5.74) is 6.35. The highest BCUT2D eigenvalue weighted by Crippen LogP contribution is 2.07. The zero-order chi connectivity index (χ0) is 12.5. The van der Waals surface area contributed by atoms with Gasteiger partial charge in [-0.25, -0.2) is 4.98 Å². The van der Waals surface area contributed by atoms with Crippen molar-refractivity contribution in [2.24, 2.45) is 5.73 Å². The maximum atomic E-state index is 11.5. The second kappa shape index (κ2) is 8.20. The summed E-state index contributed by atoms with van der Waals surface area (Å²) >= 11 is 1.61. The van der Waals surface area contributed by atoms with Gasteiger partial charge in [0.15, 0.2) is 0 Å². The SMILES string of the molecule is Cc1nc(CNC(=O)CCCCCCN)cs1. The Balaban J connectivity index is 2.05. The summed E-state index contributed by atoms with van der Waals surface area (Å²) in [6.07, 6.45) is 4.81. The molecule has 5 heteroatoms. The summed E-state index contributed by atoms with van der Waals surface area (Å²) in [4.78, 5) is 15.8. The van der Waals surface area contributed by atoms with Gasteiger partial charge < -0.3 is 11.1 Å². The highest BCUT2D eigenvalue weighted by atomic mass is 32.1. The van der Waals surface area contributed by atoms with Crippen molar-refractivity contribution < 1.29 is 4.79 Å². The zero-order valence-electron chi connectivity index (χ0n) is 10.4. The van der Waals surface area contributed by atoms with Crippen LogP contribution in [0.4, 0.5) is 0 Å². The molecule has 0 unspecified atom stereocenters. The molecule has 96 valence electrons. The molecule has 0 radical (unpaired) electrons. The number of carbonyl (C=O) groups is 1. The van der Waals surface area contributed by atoms with Gasteiger partial charge in [-0.05, 0) is 26.3 Å². The van der Waals surface area contributed by atoms with Crippen LogP contribution in [0.1, 0.15) is 42.8 Å². The Kier molecular flexibility index (Phi) is 6.81. The van der Waals surface area contributed by atoms with Crippen molar-refractivity contribution in [2.75, 3.05) is 6.54 Å². The van der Waals surface area contributed by atoms with Crippen LogP contribution in [0.15, 0.2) is 5.38 Å². The number of nitrogens with zero attached hydrogens (tertiary/aromatic N) is 1. The molecule has 1 aromatic heterocycles.